The van der Waals surface area contributed by atoms with E-state index in [0.717, 1.165) is 18.8 Å². The normalized spacial score (nSPS) is 24.2. The van der Waals surface area contributed by atoms with Crippen molar-refractivity contribution in [3.63, 3.8) is 0 Å². The number of thioether (sulfide) groups is 1. The fourth-order valence-corrected chi connectivity index (χ4v) is 4.92. The minimum atomic E-state index is -3.01. The van der Waals surface area contributed by atoms with Crippen molar-refractivity contribution in [1.29, 1.82) is 0 Å². The predicted octanol–water partition coefficient (Wildman–Crippen LogP) is 0.0172. The lowest BCUT2D eigenvalue weighted by Gasteiger charge is -2.38. The second-order valence-corrected chi connectivity index (χ2v) is 7.63. The van der Waals surface area contributed by atoms with Crippen molar-refractivity contribution in [3.8, 4) is 12.3 Å². The van der Waals surface area contributed by atoms with E-state index in [2.05, 4.69) is 16.1 Å². The molecule has 2 unspecified atom stereocenters. The van der Waals surface area contributed by atoms with Crippen LogP contribution < -0.4 is 5.32 Å². The molecule has 17 heavy (non-hydrogen) atoms. The molecular weight excluding hydrogens is 256 g/mol. The van der Waals surface area contributed by atoms with Crippen molar-refractivity contribution in [2.75, 3.05) is 37.4 Å². The molecule has 0 bridgehead atoms. The zero-order valence-electron chi connectivity index (χ0n) is 10.3. The van der Waals surface area contributed by atoms with Gasteiger partial charge in [-0.3, -0.25) is 4.90 Å². The molecule has 2 atom stereocenters. The van der Waals surface area contributed by atoms with Crippen molar-refractivity contribution in [2.24, 2.45) is 0 Å². The maximum absolute atomic E-state index is 11.7. The summed E-state index contributed by atoms with van der Waals surface area (Å²) in [6.45, 7) is 4.11. The Bertz CT molecular complexity index is 375. The van der Waals surface area contributed by atoms with Gasteiger partial charge in [0.15, 0.2) is 9.84 Å². The quantitative estimate of drug-likeness (QED) is 0.566. The van der Waals surface area contributed by atoms with Crippen molar-refractivity contribution >= 4 is 21.6 Å². The van der Waals surface area contributed by atoms with Gasteiger partial charge < -0.3 is 5.32 Å². The maximum atomic E-state index is 11.7. The first-order chi connectivity index (χ1) is 7.96. The molecule has 4 nitrogen and oxygen atoms in total. The molecule has 0 aromatic carbocycles. The first-order valence-electron chi connectivity index (χ1n) is 5.63. The predicted molar refractivity (Wildman–Crippen MR) is 73.8 cm³/mol. The third-order valence-corrected chi connectivity index (χ3v) is 5.51. The highest BCUT2D eigenvalue weighted by Gasteiger charge is 2.33. The van der Waals surface area contributed by atoms with E-state index >= 15 is 0 Å². The van der Waals surface area contributed by atoms with Gasteiger partial charge in [0.05, 0.1) is 6.54 Å². The summed E-state index contributed by atoms with van der Waals surface area (Å²) < 4.78 is 23.4. The van der Waals surface area contributed by atoms with E-state index in [-0.39, 0.29) is 11.4 Å². The molecule has 0 saturated carbocycles. The van der Waals surface area contributed by atoms with Crippen LogP contribution in [-0.4, -0.2) is 62.1 Å². The van der Waals surface area contributed by atoms with E-state index in [1.807, 2.05) is 6.92 Å². The van der Waals surface area contributed by atoms with Crippen molar-refractivity contribution in [3.05, 3.63) is 0 Å². The van der Waals surface area contributed by atoms with Crippen LogP contribution in [0.5, 0.6) is 0 Å². The Hall–Kier alpha value is -0.220. The number of sulfone groups is 1. The highest BCUT2D eigenvalue weighted by atomic mass is 32.2. The Morgan fingerprint density at radius 2 is 2.35 bits per heavy atom. The van der Waals surface area contributed by atoms with Gasteiger partial charge >= 0.3 is 0 Å². The molecule has 0 aromatic heterocycles. The van der Waals surface area contributed by atoms with E-state index in [9.17, 15) is 8.42 Å². The monoisotopic (exact) mass is 276 g/mol. The highest BCUT2D eigenvalue weighted by Crippen LogP contribution is 2.22. The average molecular weight is 276 g/mol. The summed E-state index contributed by atoms with van der Waals surface area (Å²) in [5.41, 5.74) is 0. The molecule has 0 amide bonds. The number of terminal acetylenes is 1. The summed E-state index contributed by atoms with van der Waals surface area (Å²) in [5, 5.41) is 2.77. The van der Waals surface area contributed by atoms with Crippen molar-refractivity contribution < 1.29 is 8.42 Å². The minimum Gasteiger partial charge on any atom is -0.305 e. The smallest absolute Gasteiger partial charge is 0.164 e. The minimum absolute atomic E-state index is 0.184. The standard InChI is InChI=1S/C11H20N2O2S2/c1-4-5-12-8-10(2)13-6-7-16-9-11(13)17(3,14)15/h1,10-12H,5-9H2,2-3H3. The Morgan fingerprint density at radius 1 is 1.65 bits per heavy atom. The van der Waals surface area contributed by atoms with Crippen LogP contribution in [0.15, 0.2) is 0 Å². The van der Waals surface area contributed by atoms with Crippen LogP contribution in [0.3, 0.4) is 0 Å². The number of hydrogen-bond acceptors (Lipinski definition) is 5. The molecule has 98 valence electrons. The number of nitrogens with one attached hydrogen (secondary N) is 1. The van der Waals surface area contributed by atoms with E-state index < -0.39 is 9.84 Å². The molecule has 6 heteroatoms. The average Bonchev–Trinajstić information content (AvgIpc) is 2.28. The SMILES string of the molecule is C#CCNCC(C)N1CCSCC1S(C)(=O)=O. The number of rotatable bonds is 5. The second kappa shape index (κ2) is 6.64. The number of nitrogens with zero attached hydrogens (tertiary/aromatic N) is 1. The van der Waals surface area contributed by atoms with Crippen LogP contribution in [0.25, 0.3) is 0 Å². The zero-order chi connectivity index (χ0) is 12.9. The van der Waals surface area contributed by atoms with Crippen LogP contribution in [0.2, 0.25) is 0 Å². The van der Waals surface area contributed by atoms with Crippen molar-refractivity contribution in [1.82, 2.24) is 10.2 Å². The third-order valence-electron chi connectivity index (χ3n) is 2.85. The first-order valence-corrected chi connectivity index (χ1v) is 8.74. The molecule has 1 heterocycles. The molecule has 0 aliphatic carbocycles. The highest BCUT2D eigenvalue weighted by molar-refractivity contribution is 8.00. The topological polar surface area (TPSA) is 49.4 Å². The van der Waals surface area contributed by atoms with E-state index in [4.69, 9.17) is 6.42 Å². The molecule has 0 aromatic rings. The Labute approximate surface area is 108 Å². The van der Waals surface area contributed by atoms with Gasteiger partial charge in [0.2, 0.25) is 0 Å². The van der Waals surface area contributed by atoms with Gasteiger partial charge in [0, 0.05) is 36.9 Å². The molecule has 1 rings (SSSR count). The molecule has 1 fully saturated rings. The Morgan fingerprint density at radius 3 is 2.94 bits per heavy atom. The first kappa shape index (κ1) is 14.8. The van der Waals surface area contributed by atoms with Gasteiger partial charge in [0.25, 0.3) is 0 Å². The largest absolute Gasteiger partial charge is 0.305 e. The fraction of sp³-hybridized carbons (Fsp3) is 0.818. The Kier molecular flexibility index (Phi) is 5.80. The van der Waals surface area contributed by atoms with Gasteiger partial charge in [-0.25, -0.2) is 8.42 Å². The van der Waals surface area contributed by atoms with Gasteiger partial charge in [-0.15, -0.1) is 6.42 Å². The van der Waals surface area contributed by atoms with E-state index in [0.29, 0.717) is 12.3 Å². The molecule has 1 N–H and O–H groups in total. The van der Waals surface area contributed by atoms with Crippen LogP contribution in [-0.2, 0) is 9.84 Å². The van der Waals surface area contributed by atoms with Gasteiger partial charge in [-0.05, 0) is 6.92 Å². The van der Waals surface area contributed by atoms with E-state index in [1.165, 1.54) is 6.26 Å². The summed E-state index contributed by atoms with van der Waals surface area (Å²) >= 11 is 1.71. The lowest BCUT2D eigenvalue weighted by Crippen LogP contribution is -2.53. The zero-order valence-corrected chi connectivity index (χ0v) is 12.0. The maximum Gasteiger partial charge on any atom is 0.164 e. The van der Waals surface area contributed by atoms with Crippen LogP contribution >= 0.6 is 11.8 Å². The summed E-state index contributed by atoms with van der Waals surface area (Å²) in [6, 6.07) is 0.184. The van der Waals surface area contributed by atoms with Crippen LogP contribution in [0.4, 0.5) is 0 Å². The number of hydrogen-bond donors (Lipinski definition) is 1. The van der Waals surface area contributed by atoms with Gasteiger partial charge in [0.1, 0.15) is 5.37 Å². The molecule has 1 saturated heterocycles. The van der Waals surface area contributed by atoms with Gasteiger partial charge in [-0.1, -0.05) is 5.92 Å². The second-order valence-electron chi connectivity index (χ2n) is 4.28. The molecule has 0 spiro atoms. The van der Waals surface area contributed by atoms with Crippen molar-refractivity contribution in [2.45, 2.75) is 18.3 Å². The lowest BCUT2D eigenvalue weighted by atomic mass is 10.2. The summed E-state index contributed by atoms with van der Waals surface area (Å²) in [5.74, 6) is 4.17. The summed E-state index contributed by atoms with van der Waals surface area (Å²) in [6.07, 6.45) is 6.48. The summed E-state index contributed by atoms with van der Waals surface area (Å²) in [7, 11) is -3.01. The molecule has 0 radical (unpaired) electrons. The summed E-state index contributed by atoms with van der Waals surface area (Å²) in [4.78, 5) is 2.06. The Balaban J connectivity index is 2.62. The van der Waals surface area contributed by atoms with E-state index in [1.54, 1.807) is 11.8 Å². The fourth-order valence-electron chi connectivity index (χ4n) is 1.94. The molecule has 1 aliphatic heterocycles. The van der Waals surface area contributed by atoms with Gasteiger partial charge in [-0.2, -0.15) is 11.8 Å². The molecule has 1 aliphatic rings. The lowest BCUT2D eigenvalue weighted by molar-refractivity contribution is 0.202. The van der Waals surface area contributed by atoms with Crippen LogP contribution in [0.1, 0.15) is 6.92 Å². The molecular formula is C11H20N2O2S2. The van der Waals surface area contributed by atoms with Crippen LogP contribution in [0, 0.1) is 12.3 Å². The third kappa shape index (κ3) is 4.51.